The first-order valence-electron chi connectivity index (χ1n) is 10.3. The molecule has 1 aromatic carbocycles. The lowest BCUT2D eigenvalue weighted by Crippen LogP contribution is -2.43. The zero-order valence-electron chi connectivity index (χ0n) is 15.9. The van der Waals surface area contributed by atoms with Crippen LogP contribution in [0, 0.1) is 5.92 Å². The van der Waals surface area contributed by atoms with E-state index >= 15 is 0 Å². The van der Waals surface area contributed by atoms with Gasteiger partial charge in [0.25, 0.3) is 0 Å². The Bertz CT molecular complexity index is 767. The monoisotopic (exact) mass is 383 g/mol. The van der Waals surface area contributed by atoms with Gasteiger partial charge < -0.3 is 9.47 Å². The van der Waals surface area contributed by atoms with Crippen molar-refractivity contribution in [2.45, 2.75) is 57.5 Å². The summed E-state index contributed by atoms with van der Waals surface area (Å²) in [5.74, 6) is 2.60. The number of benzene rings is 1. The molecule has 2 aliphatic rings. The maximum absolute atomic E-state index is 12.8. The molecule has 1 atom stereocenters. The lowest BCUT2D eigenvalue weighted by molar-refractivity contribution is -0.135. The number of amides is 1. The largest absolute Gasteiger partial charge is 0.331 e. The molecule has 2 aromatic rings. The van der Waals surface area contributed by atoms with E-state index in [1.54, 1.807) is 0 Å². The molecule has 1 aliphatic heterocycles. The second-order valence-corrected chi connectivity index (χ2v) is 8.31. The third-order valence-electron chi connectivity index (χ3n) is 6.06. The number of carbonyl (C=O) groups is 1. The van der Waals surface area contributed by atoms with Gasteiger partial charge in [-0.15, -0.1) is 0 Å². The minimum atomic E-state index is 0.103. The van der Waals surface area contributed by atoms with Gasteiger partial charge in [0.2, 0.25) is 5.91 Å². The molecule has 0 unspecified atom stereocenters. The van der Waals surface area contributed by atoms with Crippen molar-refractivity contribution in [3.63, 3.8) is 0 Å². The van der Waals surface area contributed by atoms with Crippen molar-refractivity contribution in [2.24, 2.45) is 5.92 Å². The molecule has 4 nitrogen and oxygen atoms in total. The van der Waals surface area contributed by atoms with Gasteiger partial charge in [-0.1, -0.05) is 62.4 Å². The Balaban J connectivity index is 1.64. The lowest BCUT2D eigenvalue weighted by Gasteiger charge is -2.38. The Kier molecular flexibility index (Phi) is 5.86. The van der Waals surface area contributed by atoms with Crippen LogP contribution in [0.3, 0.4) is 0 Å². The summed E-state index contributed by atoms with van der Waals surface area (Å²) in [5, 5.41) is 0. The number of rotatable bonds is 5. The van der Waals surface area contributed by atoms with Gasteiger partial charge in [-0.05, 0) is 18.1 Å². The molecule has 1 saturated carbocycles. The fourth-order valence-electron chi connectivity index (χ4n) is 4.64. The second-order valence-electron chi connectivity index (χ2n) is 7.86. The highest BCUT2D eigenvalue weighted by Gasteiger charge is 2.34. The number of nitrogens with zero attached hydrogens (tertiary/aromatic N) is 3. The van der Waals surface area contributed by atoms with Crippen molar-refractivity contribution < 1.29 is 4.79 Å². The standard InChI is InChI=1S/C22H29N3OS/c26-21(11-14-27)25-13-12-24-16-19(18-9-5-2-6-10-18)23-22(24)20(25)15-17-7-3-1-4-8-17/h2,5-6,9-10,16-17,20,27H,1,3-4,7-8,11-15H2/t20-/m0/s1. The number of carbonyl (C=O) groups excluding carboxylic acids is 1. The van der Waals surface area contributed by atoms with Gasteiger partial charge in [0.05, 0.1) is 11.7 Å². The number of hydrogen-bond donors (Lipinski definition) is 1. The summed E-state index contributed by atoms with van der Waals surface area (Å²) in [6, 6.07) is 10.4. The number of fused-ring (bicyclic) bond motifs is 1. The van der Waals surface area contributed by atoms with E-state index in [1.807, 2.05) is 6.07 Å². The maximum atomic E-state index is 12.8. The molecule has 5 heteroatoms. The Hall–Kier alpha value is -1.75. The maximum Gasteiger partial charge on any atom is 0.224 e. The summed E-state index contributed by atoms with van der Waals surface area (Å²) in [4.78, 5) is 19.9. The molecule has 1 fully saturated rings. The quantitative estimate of drug-likeness (QED) is 0.759. The molecule has 2 heterocycles. The number of imidazole rings is 1. The number of hydrogen-bond acceptors (Lipinski definition) is 3. The molecule has 0 bridgehead atoms. The van der Waals surface area contributed by atoms with Crippen molar-refractivity contribution in [3.8, 4) is 11.3 Å². The third-order valence-corrected chi connectivity index (χ3v) is 6.28. The lowest BCUT2D eigenvalue weighted by atomic mass is 9.84. The topological polar surface area (TPSA) is 38.1 Å². The highest BCUT2D eigenvalue weighted by atomic mass is 32.1. The van der Waals surface area contributed by atoms with E-state index < -0.39 is 0 Å². The van der Waals surface area contributed by atoms with Crippen molar-refractivity contribution >= 4 is 18.5 Å². The van der Waals surface area contributed by atoms with Gasteiger partial charge in [0, 0.05) is 31.3 Å². The summed E-state index contributed by atoms with van der Waals surface area (Å²) >= 11 is 4.28. The molecule has 0 saturated heterocycles. The number of thiol groups is 1. The third kappa shape index (κ3) is 4.08. The van der Waals surface area contributed by atoms with Crippen LogP contribution in [0.1, 0.15) is 56.8 Å². The van der Waals surface area contributed by atoms with Crippen molar-refractivity contribution in [1.29, 1.82) is 0 Å². The molecule has 1 aromatic heterocycles. The summed E-state index contributed by atoms with van der Waals surface area (Å²) in [6.07, 6.45) is 10.3. The van der Waals surface area contributed by atoms with Gasteiger partial charge in [0.15, 0.2) is 0 Å². The fraction of sp³-hybridized carbons (Fsp3) is 0.545. The zero-order valence-corrected chi connectivity index (χ0v) is 16.8. The van der Waals surface area contributed by atoms with Crippen molar-refractivity contribution in [1.82, 2.24) is 14.5 Å². The van der Waals surface area contributed by atoms with Crippen LogP contribution >= 0.6 is 12.6 Å². The fourth-order valence-corrected chi connectivity index (χ4v) is 4.83. The van der Waals surface area contributed by atoms with E-state index in [0.717, 1.165) is 36.6 Å². The van der Waals surface area contributed by atoms with Crippen LogP contribution in [0.5, 0.6) is 0 Å². The van der Waals surface area contributed by atoms with E-state index in [9.17, 15) is 4.79 Å². The van der Waals surface area contributed by atoms with Gasteiger partial charge >= 0.3 is 0 Å². The van der Waals surface area contributed by atoms with Crippen LogP contribution in [-0.2, 0) is 11.3 Å². The Morgan fingerprint density at radius 1 is 1.11 bits per heavy atom. The van der Waals surface area contributed by atoms with Gasteiger partial charge in [-0.3, -0.25) is 4.79 Å². The van der Waals surface area contributed by atoms with Crippen molar-refractivity contribution in [2.75, 3.05) is 12.3 Å². The minimum Gasteiger partial charge on any atom is -0.331 e. The highest BCUT2D eigenvalue weighted by Crippen LogP contribution is 2.37. The second kappa shape index (κ2) is 8.51. The predicted molar refractivity (Wildman–Crippen MR) is 112 cm³/mol. The molecule has 144 valence electrons. The first-order valence-corrected chi connectivity index (χ1v) is 10.9. The van der Waals surface area contributed by atoms with Gasteiger partial charge in [-0.25, -0.2) is 4.98 Å². The summed E-state index contributed by atoms with van der Waals surface area (Å²) in [6.45, 7) is 1.61. The molecule has 1 amide bonds. The molecular formula is C22H29N3OS. The Morgan fingerprint density at radius 3 is 2.63 bits per heavy atom. The van der Waals surface area contributed by atoms with Crippen LogP contribution < -0.4 is 0 Å². The van der Waals surface area contributed by atoms with Crippen LogP contribution in [0.4, 0.5) is 0 Å². The molecule has 0 spiro atoms. The van der Waals surface area contributed by atoms with Crippen molar-refractivity contribution in [3.05, 3.63) is 42.4 Å². The van der Waals surface area contributed by atoms with E-state index in [4.69, 9.17) is 4.98 Å². The van der Waals surface area contributed by atoms with E-state index in [2.05, 4.69) is 52.6 Å². The van der Waals surface area contributed by atoms with Crippen LogP contribution in [0.15, 0.2) is 36.5 Å². The Morgan fingerprint density at radius 2 is 1.89 bits per heavy atom. The molecule has 0 N–H and O–H groups in total. The Labute approximate surface area is 167 Å². The zero-order chi connectivity index (χ0) is 18.6. The smallest absolute Gasteiger partial charge is 0.224 e. The molecule has 27 heavy (non-hydrogen) atoms. The first-order chi connectivity index (χ1) is 13.3. The average Bonchev–Trinajstić information content (AvgIpc) is 3.15. The van der Waals surface area contributed by atoms with Crippen LogP contribution in [-0.4, -0.2) is 32.7 Å². The van der Waals surface area contributed by atoms with E-state index in [1.165, 1.54) is 32.1 Å². The summed E-state index contributed by atoms with van der Waals surface area (Å²) < 4.78 is 2.28. The molecule has 4 rings (SSSR count). The normalized spacial score (nSPS) is 20.5. The summed E-state index contributed by atoms with van der Waals surface area (Å²) in [5.41, 5.74) is 2.16. The number of aromatic nitrogens is 2. The average molecular weight is 384 g/mol. The summed E-state index contributed by atoms with van der Waals surface area (Å²) in [7, 11) is 0. The van der Waals surface area contributed by atoms with Crippen LogP contribution in [0.2, 0.25) is 0 Å². The SMILES string of the molecule is O=C(CCS)N1CCn2cc(-c3ccccc3)nc2[C@@H]1CC1CCCCC1. The molecular weight excluding hydrogens is 354 g/mol. The van der Waals surface area contributed by atoms with Gasteiger partial charge in [0.1, 0.15) is 5.82 Å². The predicted octanol–water partition coefficient (Wildman–Crippen LogP) is 4.72. The minimum absolute atomic E-state index is 0.103. The van der Waals surface area contributed by atoms with Crippen LogP contribution in [0.25, 0.3) is 11.3 Å². The van der Waals surface area contributed by atoms with E-state index in [0.29, 0.717) is 18.1 Å². The van der Waals surface area contributed by atoms with Gasteiger partial charge in [-0.2, -0.15) is 12.6 Å². The molecule has 1 aliphatic carbocycles. The highest BCUT2D eigenvalue weighted by molar-refractivity contribution is 7.80. The van der Waals surface area contributed by atoms with E-state index in [-0.39, 0.29) is 11.9 Å². The molecule has 0 radical (unpaired) electrons. The first kappa shape index (κ1) is 18.6.